The summed E-state index contributed by atoms with van der Waals surface area (Å²) in [5.74, 6) is -0.965. The van der Waals surface area contributed by atoms with Crippen LogP contribution in [0.15, 0.2) is 73.3 Å². The van der Waals surface area contributed by atoms with Gasteiger partial charge in [0.05, 0.1) is 6.33 Å². The first-order valence-electron chi connectivity index (χ1n) is 11.6. The molecule has 12 nitrogen and oxygen atoms in total. The number of benzene rings is 2. The van der Waals surface area contributed by atoms with Crippen LogP contribution < -0.4 is 10.6 Å². The Bertz CT molecular complexity index is 1430. The van der Waals surface area contributed by atoms with Gasteiger partial charge in [0.1, 0.15) is 18.5 Å². The van der Waals surface area contributed by atoms with E-state index in [0.717, 1.165) is 5.56 Å². The van der Waals surface area contributed by atoms with Crippen molar-refractivity contribution >= 4 is 34.7 Å². The molecular weight excluding hydrogens is 480 g/mol. The lowest BCUT2D eigenvalue weighted by atomic mass is 10.1. The number of nitrogens with one attached hydrogen (secondary N) is 2. The highest BCUT2D eigenvalue weighted by Crippen LogP contribution is 2.41. The first kappa shape index (κ1) is 23.0. The summed E-state index contributed by atoms with van der Waals surface area (Å²) >= 11 is 0. The Labute approximate surface area is 210 Å². The van der Waals surface area contributed by atoms with Crippen LogP contribution in [0.2, 0.25) is 0 Å². The third kappa shape index (κ3) is 4.48. The van der Waals surface area contributed by atoms with E-state index in [2.05, 4.69) is 25.6 Å². The molecule has 4 unspecified atom stereocenters. The van der Waals surface area contributed by atoms with Crippen LogP contribution in [0.1, 0.15) is 11.8 Å². The Kier molecular flexibility index (Phi) is 5.96. The number of anilines is 2. The molecule has 37 heavy (non-hydrogen) atoms. The molecule has 6 rings (SSSR count). The molecule has 2 aromatic carbocycles. The van der Waals surface area contributed by atoms with Gasteiger partial charge in [-0.2, -0.15) is 0 Å². The molecule has 2 fully saturated rings. The van der Waals surface area contributed by atoms with Gasteiger partial charge in [-0.05, 0) is 17.7 Å². The summed E-state index contributed by atoms with van der Waals surface area (Å²) in [6.07, 6.45) is -1.05. The van der Waals surface area contributed by atoms with Gasteiger partial charge >= 0.3 is 12.0 Å². The standard InChI is InChI=1S/C25H22N6O6/c32-24(33)20-18-19(36-16(35-18)11-14-7-3-1-4-8-14)23(37-20)31-13-28-17-21(26-12-27-22(17)31)30-25(34)29-15-9-5-2-6-10-15/h1-10,12-13,16,18-20,23H,11H2,(H,32,33)(H2,26,27,29,30,34)/t16?,18?,19?,20-,23?/m0/s1. The molecule has 188 valence electrons. The Morgan fingerprint density at radius 3 is 2.38 bits per heavy atom. The second kappa shape index (κ2) is 9.58. The van der Waals surface area contributed by atoms with Crippen LogP contribution in [0.4, 0.5) is 16.3 Å². The van der Waals surface area contributed by atoms with Gasteiger partial charge in [0, 0.05) is 12.1 Å². The molecule has 4 heterocycles. The molecule has 2 aromatic heterocycles. The number of aromatic nitrogens is 4. The number of aliphatic carboxylic acids is 1. The lowest BCUT2D eigenvalue weighted by Gasteiger charge is -2.20. The van der Waals surface area contributed by atoms with Crippen molar-refractivity contribution in [3.8, 4) is 0 Å². The summed E-state index contributed by atoms with van der Waals surface area (Å²) in [6.45, 7) is 0. The predicted molar refractivity (Wildman–Crippen MR) is 130 cm³/mol. The van der Waals surface area contributed by atoms with Crippen molar-refractivity contribution in [2.75, 3.05) is 10.6 Å². The molecule has 0 spiro atoms. The van der Waals surface area contributed by atoms with E-state index in [-0.39, 0.29) is 5.82 Å². The molecule has 5 atom stereocenters. The van der Waals surface area contributed by atoms with Gasteiger partial charge in [0.15, 0.2) is 35.6 Å². The number of hydrogen-bond donors (Lipinski definition) is 3. The Hall–Kier alpha value is -4.39. The monoisotopic (exact) mass is 502 g/mol. The van der Waals surface area contributed by atoms with E-state index < -0.39 is 42.8 Å². The molecule has 0 bridgehead atoms. The average molecular weight is 502 g/mol. The van der Waals surface area contributed by atoms with Crippen LogP contribution in [-0.4, -0.2) is 61.2 Å². The Morgan fingerprint density at radius 1 is 0.892 bits per heavy atom. The van der Waals surface area contributed by atoms with Crippen molar-refractivity contribution in [1.29, 1.82) is 0 Å². The van der Waals surface area contributed by atoms with Gasteiger partial charge in [0.25, 0.3) is 0 Å². The number of urea groups is 1. The number of nitrogens with zero attached hydrogens (tertiary/aromatic N) is 4. The van der Waals surface area contributed by atoms with E-state index in [1.54, 1.807) is 28.8 Å². The number of amides is 2. The number of imidazole rings is 1. The number of carboxylic acid groups (broad SMARTS) is 1. The second-order valence-electron chi connectivity index (χ2n) is 8.60. The SMILES string of the molecule is O=C(Nc1ccccc1)Nc1ncnc2c1ncn2C1O[C@H](C(=O)O)C2OC(Cc3ccccc3)OC21. The summed E-state index contributed by atoms with van der Waals surface area (Å²) in [5, 5.41) is 15.2. The summed E-state index contributed by atoms with van der Waals surface area (Å²) in [5.41, 5.74) is 2.27. The third-order valence-electron chi connectivity index (χ3n) is 6.19. The topological polar surface area (TPSA) is 150 Å². The maximum absolute atomic E-state index is 12.5. The summed E-state index contributed by atoms with van der Waals surface area (Å²) in [7, 11) is 0. The average Bonchev–Trinajstić information content (AvgIpc) is 3.59. The van der Waals surface area contributed by atoms with E-state index in [0.29, 0.717) is 23.3 Å². The number of fused-ring (bicyclic) bond motifs is 2. The van der Waals surface area contributed by atoms with Crippen LogP contribution in [0, 0.1) is 0 Å². The first-order valence-corrected chi connectivity index (χ1v) is 11.6. The smallest absolute Gasteiger partial charge is 0.335 e. The van der Waals surface area contributed by atoms with Gasteiger partial charge < -0.3 is 24.6 Å². The molecule has 2 aliphatic heterocycles. The molecule has 2 saturated heterocycles. The minimum absolute atomic E-state index is 0.187. The highest BCUT2D eigenvalue weighted by Gasteiger charge is 2.56. The molecule has 0 radical (unpaired) electrons. The summed E-state index contributed by atoms with van der Waals surface area (Å²) in [6, 6.07) is 18.1. The number of rotatable bonds is 6. The van der Waals surface area contributed by atoms with Crippen LogP contribution in [0.5, 0.6) is 0 Å². The zero-order chi connectivity index (χ0) is 25.4. The molecule has 3 N–H and O–H groups in total. The number of para-hydroxylation sites is 1. The zero-order valence-corrected chi connectivity index (χ0v) is 19.3. The van der Waals surface area contributed by atoms with Crippen LogP contribution >= 0.6 is 0 Å². The third-order valence-corrected chi connectivity index (χ3v) is 6.19. The summed E-state index contributed by atoms with van der Waals surface area (Å²) < 4.78 is 19.5. The molecule has 12 heteroatoms. The number of carbonyl (C=O) groups excluding carboxylic acids is 1. The number of hydrogen-bond acceptors (Lipinski definition) is 8. The van der Waals surface area contributed by atoms with Crippen LogP contribution in [0.25, 0.3) is 11.2 Å². The molecule has 0 aliphatic carbocycles. The van der Waals surface area contributed by atoms with E-state index >= 15 is 0 Å². The van der Waals surface area contributed by atoms with Gasteiger partial charge in [-0.15, -0.1) is 0 Å². The number of ether oxygens (including phenoxy) is 3. The molecule has 2 amide bonds. The second-order valence-corrected chi connectivity index (χ2v) is 8.60. The number of carbonyl (C=O) groups is 2. The largest absolute Gasteiger partial charge is 0.479 e. The van der Waals surface area contributed by atoms with Crippen molar-refractivity contribution < 1.29 is 28.9 Å². The minimum Gasteiger partial charge on any atom is -0.479 e. The zero-order valence-electron chi connectivity index (χ0n) is 19.3. The first-order chi connectivity index (χ1) is 18.1. The molecule has 2 aliphatic rings. The minimum atomic E-state index is -1.23. The van der Waals surface area contributed by atoms with Gasteiger partial charge in [-0.3, -0.25) is 9.88 Å². The molecule has 4 aromatic rings. The normalized spacial score (nSPS) is 24.6. The Balaban J connectivity index is 1.24. The van der Waals surface area contributed by atoms with Crippen molar-refractivity contribution in [2.45, 2.75) is 37.3 Å². The quantitative estimate of drug-likeness (QED) is 0.362. The van der Waals surface area contributed by atoms with E-state index in [1.807, 2.05) is 36.4 Å². The number of carboxylic acids is 1. The summed E-state index contributed by atoms with van der Waals surface area (Å²) in [4.78, 5) is 37.3. The van der Waals surface area contributed by atoms with Crippen LogP contribution in [-0.2, 0) is 25.4 Å². The Morgan fingerprint density at radius 2 is 1.62 bits per heavy atom. The van der Waals surface area contributed by atoms with Gasteiger partial charge in [-0.1, -0.05) is 48.5 Å². The fraction of sp³-hybridized carbons (Fsp3) is 0.240. The maximum atomic E-state index is 12.5. The lowest BCUT2D eigenvalue weighted by Crippen LogP contribution is -2.34. The maximum Gasteiger partial charge on any atom is 0.335 e. The molecular formula is C25H22N6O6. The fourth-order valence-corrected chi connectivity index (χ4v) is 4.56. The molecule has 0 saturated carbocycles. The highest BCUT2D eigenvalue weighted by atomic mass is 16.8. The van der Waals surface area contributed by atoms with Gasteiger partial charge in [0.2, 0.25) is 0 Å². The van der Waals surface area contributed by atoms with E-state index in [1.165, 1.54) is 12.7 Å². The van der Waals surface area contributed by atoms with Crippen LogP contribution in [0.3, 0.4) is 0 Å². The van der Waals surface area contributed by atoms with Crippen molar-refractivity contribution in [1.82, 2.24) is 19.5 Å². The highest BCUT2D eigenvalue weighted by molar-refractivity contribution is 6.02. The van der Waals surface area contributed by atoms with E-state index in [9.17, 15) is 14.7 Å². The van der Waals surface area contributed by atoms with Gasteiger partial charge in [-0.25, -0.2) is 24.5 Å². The fourth-order valence-electron chi connectivity index (χ4n) is 4.56. The predicted octanol–water partition coefficient (Wildman–Crippen LogP) is 2.81. The lowest BCUT2D eigenvalue weighted by molar-refractivity contribution is -0.171. The van der Waals surface area contributed by atoms with Crippen molar-refractivity contribution in [3.63, 3.8) is 0 Å². The van der Waals surface area contributed by atoms with E-state index in [4.69, 9.17) is 14.2 Å². The van der Waals surface area contributed by atoms with Crippen molar-refractivity contribution in [3.05, 3.63) is 78.9 Å². The van der Waals surface area contributed by atoms with Crippen molar-refractivity contribution in [2.24, 2.45) is 0 Å².